The summed E-state index contributed by atoms with van der Waals surface area (Å²) in [6.45, 7) is 0. The first kappa shape index (κ1) is 27.7. The standard InChI is InChI=1S/C28H25N3O10/c1-30(2)21-20-23(34)17-14(10-11-5-3-6-12(9-11)31(40)41)13-7-4-8-15(32)16(13)22(33)18(17)25(36)28(20,39)26(37)19(24(21)35)27(29)38/h3-10,17,20-21,23,32-34,37,39H,1-2H3,(H2,29,38)/b14-10+. The van der Waals surface area contributed by atoms with Crippen molar-refractivity contribution in [1.82, 2.24) is 4.90 Å². The predicted molar refractivity (Wildman–Crippen MR) is 143 cm³/mol. The van der Waals surface area contributed by atoms with Gasteiger partial charge < -0.3 is 31.3 Å². The van der Waals surface area contributed by atoms with E-state index in [1.54, 1.807) is 0 Å². The molecule has 0 saturated heterocycles. The highest BCUT2D eigenvalue weighted by molar-refractivity contribution is 6.25. The largest absolute Gasteiger partial charge is 0.508 e. The van der Waals surface area contributed by atoms with E-state index < -0.39 is 80.4 Å². The zero-order chi connectivity index (χ0) is 30.1. The minimum absolute atomic E-state index is 0.126. The monoisotopic (exact) mass is 563 g/mol. The maximum Gasteiger partial charge on any atom is 0.270 e. The molecule has 1 amide bonds. The van der Waals surface area contributed by atoms with Crippen molar-refractivity contribution in [2.24, 2.45) is 17.6 Å². The molecule has 5 unspecified atom stereocenters. The smallest absolute Gasteiger partial charge is 0.270 e. The number of aliphatic hydroxyl groups excluding tert-OH is 3. The minimum atomic E-state index is -3.06. The van der Waals surface area contributed by atoms with Crippen molar-refractivity contribution in [2.45, 2.75) is 17.7 Å². The molecule has 5 rings (SSSR count). The van der Waals surface area contributed by atoms with Gasteiger partial charge in [-0.1, -0.05) is 30.3 Å². The molecular weight excluding hydrogens is 538 g/mol. The topological polar surface area (TPSA) is 225 Å². The fourth-order valence-electron chi connectivity index (χ4n) is 6.22. The highest BCUT2D eigenvalue weighted by atomic mass is 16.6. The molecule has 1 fully saturated rings. The van der Waals surface area contributed by atoms with Gasteiger partial charge in [0.25, 0.3) is 11.6 Å². The summed E-state index contributed by atoms with van der Waals surface area (Å²) in [5.74, 6) is -9.59. The van der Waals surface area contributed by atoms with Crippen molar-refractivity contribution in [2.75, 3.05) is 14.1 Å². The summed E-state index contributed by atoms with van der Waals surface area (Å²) in [5.41, 5.74) is 0.715. The molecule has 212 valence electrons. The number of phenols is 1. The minimum Gasteiger partial charge on any atom is -0.508 e. The number of nitrogens with zero attached hydrogens (tertiary/aromatic N) is 2. The van der Waals surface area contributed by atoms with Gasteiger partial charge in [0.15, 0.2) is 11.4 Å². The van der Waals surface area contributed by atoms with Crippen molar-refractivity contribution in [1.29, 1.82) is 0 Å². The van der Waals surface area contributed by atoms with Gasteiger partial charge in [0.05, 0.1) is 34.1 Å². The third-order valence-electron chi connectivity index (χ3n) is 7.93. The molecule has 0 aromatic heterocycles. The van der Waals surface area contributed by atoms with E-state index in [0.717, 1.165) is 0 Å². The number of nitro benzene ring substituents is 1. The average molecular weight is 564 g/mol. The molecule has 0 spiro atoms. The fraction of sp³-hybridized carbons (Fsp3) is 0.250. The van der Waals surface area contributed by atoms with E-state index >= 15 is 0 Å². The second-order valence-electron chi connectivity index (χ2n) is 10.4. The molecule has 1 saturated carbocycles. The molecule has 0 bridgehead atoms. The number of phenolic OH excluding ortho intramolecular Hbond substituents is 1. The summed E-state index contributed by atoms with van der Waals surface area (Å²) in [6, 6.07) is 8.08. The number of carbonyl (C=O) groups excluding carboxylic acids is 3. The summed E-state index contributed by atoms with van der Waals surface area (Å²) in [4.78, 5) is 51.7. The van der Waals surface area contributed by atoms with Crippen LogP contribution in [0.1, 0.15) is 16.7 Å². The summed E-state index contributed by atoms with van der Waals surface area (Å²) in [7, 11) is 2.80. The first-order valence-corrected chi connectivity index (χ1v) is 12.3. The molecule has 0 heterocycles. The van der Waals surface area contributed by atoms with Crippen LogP contribution in [0.2, 0.25) is 0 Å². The van der Waals surface area contributed by atoms with Gasteiger partial charge in [0, 0.05) is 18.1 Å². The Labute approximate surface area is 231 Å². The highest BCUT2D eigenvalue weighted by Gasteiger charge is 2.68. The average Bonchev–Trinajstić information content (AvgIpc) is 2.90. The van der Waals surface area contributed by atoms with E-state index in [-0.39, 0.29) is 28.0 Å². The number of Topliss-reactive ketones (excluding diaryl/α,β-unsaturated/α-hetero) is 2. The van der Waals surface area contributed by atoms with Gasteiger partial charge in [0.2, 0.25) is 5.78 Å². The highest BCUT2D eigenvalue weighted by Crippen LogP contribution is 2.56. The number of amides is 1. The zero-order valence-corrected chi connectivity index (χ0v) is 21.7. The Morgan fingerprint density at radius 3 is 2.39 bits per heavy atom. The van der Waals surface area contributed by atoms with Crippen LogP contribution in [-0.4, -0.2) is 84.7 Å². The lowest BCUT2D eigenvalue weighted by atomic mass is 9.55. The molecule has 7 N–H and O–H groups in total. The van der Waals surface area contributed by atoms with Crippen LogP contribution in [0.4, 0.5) is 5.69 Å². The number of primary amides is 1. The van der Waals surface area contributed by atoms with Crippen LogP contribution >= 0.6 is 0 Å². The number of hydrogen-bond donors (Lipinski definition) is 6. The number of nitro groups is 1. The maximum absolute atomic E-state index is 14.1. The van der Waals surface area contributed by atoms with Crippen LogP contribution < -0.4 is 5.73 Å². The molecule has 41 heavy (non-hydrogen) atoms. The first-order valence-electron chi connectivity index (χ1n) is 12.3. The number of aromatic hydroxyl groups is 1. The summed E-state index contributed by atoms with van der Waals surface area (Å²) in [6.07, 6.45) is -0.438. The van der Waals surface area contributed by atoms with Gasteiger partial charge in [-0.15, -0.1) is 0 Å². The fourth-order valence-corrected chi connectivity index (χ4v) is 6.22. The SMILES string of the molecule is CN(C)C1C(=O)C(C(N)=O)=C(O)C2(O)C(=O)C3=C(O)c4c(O)cccc4/C(=C\c4cccc([N+](=O)[O-])c4)C3C(O)C12. The Morgan fingerprint density at radius 1 is 1.12 bits per heavy atom. The van der Waals surface area contributed by atoms with Crippen molar-refractivity contribution < 1.29 is 44.8 Å². The molecule has 2 aromatic rings. The molecule has 0 radical (unpaired) electrons. The third kappa shape index (κ3) is 3.78. The Bertz CT molecular complexity index is 1660. The van der Waals surface area contributed by atoms with Gasteiger partial charge in [-0.3, -0.25) is 29.4 Å². The lowest BCUT2D eigenvalue weighted by molar-refractivity contribution is -0.384. The number of benzene rings is 2. The number of nitrogens with two attached hydrogens (primary N) is 1. The third-order valence-corrected chi connectivity index (χ3v) is 7.93. The van der Waals surface area contributed by atoms with Gasteiger partial charge in [-0.05, 0) is 36.9 Å². The van der Waals surface area contributed by atoms with Crippen molar-refractivity contribution in [3.05, 3.63) is 86.2 Å². The molecule has 3 aliphatic carbocycles. The lowest BCUT2D eigenvalue weighted by Crippen LogP contribution is -2.70. The van der Waals surface area contributed by atoms with Crippen LogP contribution in [0.5, 0.6) is 5.75 Å². The molecule has 2 aromatic carbocycles. The summed E-state index contributed by atoms with van der Waals surface area (Å²) in [5, 5.41) is 68.0. The van der Waals surface area contributed by atoms with E-state index in [1.165, 1.54) is 67.5 Å². The first-order chi connectivity index (χ1) is 19.2. The number of fused-ring (bicyclic) bond motifs is 3. The van der Waals surface area contributed by atoms with Gasteiger partial charge >= 0.3 is 0 Å². The van der Waals surface area contributed by atoms with E-state index in [4.69, 9.17) is 5.73 Å². The van der Waals surface area contributed by atoms with Crippen molar-refractivity contribution >= 4 is 40.6 Å². The second-order valence-corrected chi connectivity index (χ2v) is 10.4. The molecule has 13 heteroatoms. The molecule has 3 aliphatic rings. The van der Waals surface area contributed by atoms with Crippen LogP contribution in [0.25, 0.3) is 17.4 Å². The van der Waals surface area contributed by atoms with E-state index in [0.29, 0.717) is 0 Å². The normalized spacial score (nSPS) is 28.5. The number of ketones is 2. The lowest BCUT2D eigenvalue weighted by Gasteiger charge is -2.53. The van der Waals surface area contributed by atoms with Crippen LogP contribution in [-0.2, 0) is 14.4 Å². The number of carbonyl (C=O) groups is 3. The predicted octanol–water partition coefficient (Wildman–Crippen LogP) is 0.841. The number of aliphatic hydroxyl groups is 4. The van der Waals surface area contributed by atoms with Crippen molar-refractivity contribution in [3.63, 3.8) is 0 Å². The maximum atomic E-state index is 14.1. The van der Waals surface area contributed by atoms with Crippen LogP contribution in [0.3, 0.4) is 0 Å². The Balaban J connectivity index is 1.85. The van der Waals surface area contributed by atoms with E-state index in [9.17, 15) is 50.0 Å². The van der Waals surface area contributed by atoms with Crippen LogP contribution in [0.15, 0.2) is 59.4 Å². The quantitative estimate of drug-likeness (QED) is 0.174. The Kier molecular flexibility index (Phi) is 6.33. The number of hydrogen-bond acceptors (Lipinski definition) is 11. The molecule has 0 aliphatic heterocycles. The molecule has 13 nitrogen and oxygen atoms in total. The Morgan fingerprint density at radius 2 is 1.78 bits per heavy atom. The Hall–Kier alpha value is -4.85. The number of non-ortho nitro benzene ring substituents is 1. The van der Waals surface area contributed by atoms with Gasteiger partial charge in [-0.25, -0.2) is 0 Å². The summed E-state index contributed by atoms with van der Waals surface area (Å²) >= 11 is 0. The second kappa shape index (κ2) is 9.37. The summed E-state index contributed by atoms with van der Waals surface area (Å²) < 4.78 is 0. The molecule has 5 atom stereocenters. The number of rotatable bonds is 4. The van der Waals surface area contributed by atoms with E-state index in [1.807, 2.05) is 0 Å². The van der Waals surface area contributed by atoms with Crippen molar-refractivity contribution in [3.8, 4) is 5.75 Å². The van der Waals surface area contributed by atoms with Gasteiger partial charge in [-0.2, -0.15) is 0 Å². The number of likely N-dealkylation sites (N-methyl/N-ethyl adjacent to an activating group) is 1. The van der Waals surface area contributed by atoms with Crippen LogP contribution in [0, 0.1) is 22.0 Å². The zero-order valence-electron chi connectivity index (χ0n) is 21.7. The van der Waals surface area contributed by atoms with E-state index in [2.05, 4.69) is 0 Å². The molecular formula is C28H25N3O10. The van der Waals surface area contributed by atoms with Gasteiger partial charge in [0.1, 0.15) is 22.8 Å².